The van der Waals surface area contributed by atoms with E-state index in [1.54, 1.807) is 30.5 Å². The smallest absolute Gasteiger partial charge is 0.262 e. The van der Waals surface area contributed by atoms with Crippen molar-refractivity contribution in [2.24, 2.45) is 17.8 Å². The van der Waals surface area contributed by atoms with Crippen molar-refractivity contribution in [2.45, 2.75) is 44.1 Å². The molecule has 1 aromatic heterocycles. The number of fused-ring (bicyclic) bond motifs is 1. The van der Waals surface area contributed by atoms with Crippen LogP contribution in [0.2, 0.25) is 0 Å². The van der Waals surface area contributed by atoms with Crippen molar-refractivity contribution in [3.8, 4) is 0 Å². The summed E-state index contributed by atoms with van der Waals surface area (Å²) in [4.78, 5) is 42.9. The normalized spacial score (nSPS) is 29.9. The Morgan fingerprint density at radius 3 is 2.06 bits per heavy atom. The van der Waals surface area contributed by atoms with Crippen molar-refractivity contribution in [3.63, 3.8) is 0 Å². The third kappa shape index (κ3) is 3.27. The second kappa shape index (κ2) is 7.15. The molecule has 32 heavy (non-hydrogen) atoms. The minimum Gasteiger partial charge on any atom is -0.365 e. The fourth-order valence-corrected chi connectivity index (χ4v) is 6.80. The highest BCUT2D eigenvalue weighted by molar-refractivity contribution is 6.22. The minimum atomic E-state index is -0.436. The zero-order valence-electron chi connectivity index (χ0n) is 17.8. The zero-order valence-corrected chi connectivity index (χ0v) is 17.8. The Hall–Kier alpha value is -3.22. The molecular formula is C25H26N4O3. The second-order valence-corrected chi connectivity index (χ2v) is 10.0. The van der Waals surface area contributed by atoms with Crippen LogP contribution in [0.3, 0.4) is 0 Å². The van der Waals surface area contributed by atoms with Crippen LogP contribution in [0.1, 0.15) is 59.2 Å². The summed E-state index contributed by atoms with van der Waals surface area (Å²) in [6.45, 7) is -0.320. The van der Waals surface area contributed by atoms with Crippen LogP contribution in [0.4, 0.5) is 11.5 Å². The van der Waals surface area contributed by atoms with Crippen molar-refractivity contribution >= 4 is 29.2 Å². The maximum atomic E-state index is 12.5. The van der Waals surface area contributed by atoms with E-state index in [4.69, 9.17) is 0 Å². The molecule has 3 amide bonds. The van der Waals surface area contributed by atoms with E-state index in [1.165, 1.54) is 38.5 Å². The molecule has 5 aliphatic rings. The number of imide groups is 1. The highest BCUT2D eigenvalue weighted by Gasteiger charge is 2.51. The number of hydrogen-bond donors (Lipinski definition) is 2. The van der Waals surface area contributed by atoms with Gasteiger partial charge in [0.25, 0.3) is 11.8 Å². The second-order valence-electron chi connectivity index (χ2n) is 10.0. The third-order valence-corrected chi connectivity index (χ3v) is 7.66. The van der Waals surface area contributed by atoms with Crippen molar-refractivity contribution in [1.82, 2.24) is 9.88 Å². The topological polar surface area (TPSA) is 91.4 Å². The lowest BCUT2D eigenvalue weighted by molar-refractivity contribution is -0.116. The molecule has 4 bridgehead atoms. The number of aromatic nitrogens is 1. The summed E-state index contributed by atoms with van der Waals surface area (Å²) in [6.07, 6.45) is 9.52. The lowest BCUT2D eigenvalue weighted by Crippen LogP contribution is -2.54. The largest absolute Gasteiger partial charge is 0.365 e. The van der Waals surface area contributed by atoms with Gasteiger partial charge in [-0.25, -0.2) is 4.98 Å². The quantitative estimate of drug-likeness (QED) is 0.706. The van der Waals surface area contributed by atoms with Crippen LogP contribution in [-0.4, -0.2) is 39.7 Å². The lowest BCUT2D eigenvalue weighted by atomic mass is 9.53. The van der Waals surface area contributed by atoms with Gasteiger partial charge in [-0.3, -0.25) is 19.3 Å². The number of pyridine rings is 1. The number of rotatable bonds is 5. The Bertz CT molecular complexity index is 1040. The highest BCUT2D eigenvalue weighted by atomic mass is 16.2. The van der Waals surface area contributed by atoms with E-state index in [0.717, 1.165) is 28.5 Å². The van der Waals surface area contributed by atoms with Crippen LogP contribution in [0.5, 0.6) is 0 Å². The fourth-order valence-electron chi connectivity index (χ4n) is 6.80. The number of nitrogens with zero attached hydrogens (tertiary/aromatic N) is 2. The zero-order chi connectivity index (χ0) is 21.9. The molecule has 4 aliphatic carbocycles. The summed E-state index contributed by atoms with van der Waals surface area (Å²) in [5.74, 6) is 2.11. The number of benzene rings is 1. The average molecular weight is 431 g/mol. The first-order valence-electron chi connectivity index (χ1n) is 11.5. The number of carbonyl (C=O) groups is 3. The van der Waals surface area contributed by atoms with Crippen molar-refractivity contribution in [3.05, 3.63) is 53.7 Å². The molecule has 1 aromatic carbocycles. The summed E-state index contributed by atoms with van der Waals surface area (Å²) in [6, 6.07) is 10.3. The van der Waals surface area contributed by atoms with E-state index in [2.05, 4.69) is 15.6 Å². The fraction of sp³-hybridized carbons (Fsp3) is 0.440. The molecule has 1 aliphatic heterocycles. The van der Waals surface area contributed by atoms with E-state index < -0.39 is 17.7 Å². The molecule has 0 atom stereocenters. The molecule has 0 unspecified atom stereocenters. The van der Waals surface area contributed by atoms with Crippen LogP contribution >= 0.6 is 0 Å². The van der Waals surface area contributed by atoms with Gasteiger partial charge in [0.15, 0.2) is 0 Å². The van der Waals surface area contributed by atoms with Gasteiger partial charge in [-0.15, -0.1) is 0 Å². The molecule has 7 rings (SSSR count). The summed E-state index contributed by atoms with van der Waals surface area (Å²) >= 11 is 0. The van der Waals surface area contributed by atoms with E-state index >= 15 is 0 Å². The first-order valence-corrected chi connectivity index (χ1v) is 11.5. The first-order chi connectivity index (χ1) is 15.5. The molecule has 2 N–H and O–H groups in total. The number of anilines is 2. The summed E-state index contributed by atoms with van der Waals surface area (Å²) in [5.41, 5.74) is 1.40. The van der Waals surface area contributed by atoms with Gasteiger partial charge >= 0.3 is 0 Å². The Morgan fingerprint density at radius 2 is 1.53 bits per heavy atom. The Kier molecular flexibility index (Phi) is 4.35. The van der Waals surface area contributed by atoms with Gasteiger partial charge in [0, 0.05) is 5.54 Å². The molecule has 0 saturated heterocycles. The van der Waals surface area contributed by atoms with Crippen LogP contribution in [0, 0.1) is 17.8 Å². The molecule has 2 heterocycles. The van der Waals surface area contributed by atoms with Crippen LogP contribution in [-0.2, 0) is 4.79 Å². The SMILES string of the molecule is O=C(CN1C(=O)c2ccccc2C1=O)Nc1ccc(NC23CC4CC(CC(C4)C2)C3)nc1. The molecule has 7 heteroatoms. The Morgan fingerprint density at radius 1 is 0.938 bits per heavy atom. The van der Waals surface area contributed by atoms with E-state index in [9.17, 15) is 14.4 Å². The molecule has 4 saturated carbocycles. The molecule has 164 valence electrons. The van der Waals surface area contributed by atoms with Gasteiger partial charge < -0.3 is 10.6 Å². The summed E-state index contributed by atoms with van der Waals surface area (Å²) < 4.78 is 0. The Labute approximate surface area is 186 Å². The maximum Gasteiger partial charge on any atom is 0.262 e. The van der Waals surface area contributed by atoms with E-state index in [0.29, 0.717) is 16.8 Å². The predicted molar refractivity (Wildman–Crippen MR) is 119 cm³/mol. The third-order valence-electron chi connectivity index (χ3n) is 7.66. The van der Waals surface area contributed by atoms with Gasteiger partial charge in [0.05, 0.1) is 23.0 Å². The van der Waals surface area contributed by atoms with Gasteiger partial charge in [-0.05, 0) is 80.5 Å². The standard InChI is InChI=1S/C25H26N4O3/c30-22(14-29-23(31)19-3-1-2-4-20(19)24(29)32)27-18-5-6-21(26-13-18)28-25-10-15-7-16(11-25)9-17(8-15)12-25/h1-6,13,15-17H,7-12,14H2,(H,26,28)(H,27,30). The monoisotopic (exact) mass is 430 g/mol. The van der Waals surface area contributed by atoms with Gasteiger partial charge in [0.1, 0.15) is 12.4 Å². The van der Waals surface area contributed by atoms with Crippen LogP contribution in [0.15, 0.2) is 42.6 Å². The number of nitrogens with one attached hydrogen (secondary N) is 2. The van der Waals surface area contributed by atoms with Crippen molar-refractivity contribution < 1.29 is 14.4 Å². The van der Waals surface area contributed by atoms with E-state index in [1.807, 2.05) is 12.1 Å². The molecule has 0 spiro atoms. The number of amides is 3. The molecule has 0 radical (unpaired) electrons. The molecule has 7 nitrogen and oxygen atoms in total. The molecule has 2 aromatic rings. The highest BCUT2D eigenvalue weighted by Crippen LogP contribution is 2.56. The van der Waals surface area contributed by atoms with Crippen LogP contribution < -0.4 is 10.6 Å². The average Bonchev–Trinajstić information content (AvgIpc) is 2.99. The molecular weight excluding hydrogens is 404 g/mol. The summed E-state index contributed by atoms with van der Waals surface area (Å²) in [7, 11) is 0. The summed E-state index contributed by atoms with van der Waals surface area (Å²) in [5, 5.41) is 6.47. The van der Waals surface area contributed by atoms with Crippen molar-refractivity contribution in [1.29, 1.82) is 0 Å². The molecule has 4 fully saturated rings. The maximum absolute atomic E-state index is 12.5. The van der Waals surface area contributed by atoms with Gasteiger partial charge in [0.2, 0.25) is 5.91 Å². The van der Waals surface area contributed by atoms with Crippen molar-refractivity contribution in [2.75, 3.05) is 17.2 Å². The number of carbonyl (C=O) groups excluding carboxylic acids is 3. The van der Waals surface area contributed by atoms with Gasteiger partial charge in [-0.1, -0.05) is 12.1 Å². The van der Waals surface area contributed by atoms with Crippen LogP contribution in [0.25, 0.3) is 0 Å². The number of hydrogen-bond acceptors (Lipinski definition) is 5. The predicted octanol–water partition coefficient (Wildman–Crippen LogP) is 3.70. The lowest BCUT2D eigenvalue weighted by Gasteiger charge is -2.57. The first kappa shape index (κ1) is 19.5. The van der Waals surface area contributed by atoms with Gasteiger partial charge in [-0.2, -0.15) is 0 Å². The minimum absolute atomic E-state index is 0.179. The van der Waals surface area contributed by atoms with E-state index in [-0.39, 0.29) is 12.1 Å². The Balaban J connectivity index is 1.09.